The molecule has 10 heterocycles. The summed E-state index contributed by atoms with van der Waals surface area (Å²) in [4.78, 5) is 33.6. The number of nitrogens with one attached hydrogen (secondary N) is 6. The molecule has 0 bridgehead atoms. The van der Waals surface area contributed by atoms with Crippen LogP contribution < -0.4 is 0 Å². The molecule has 0 amide bonds. The van der Waals surface area contributed by atoms with Crippen LogP contribution in [0, 0.1) is 0 Å². The number of hydrogen-bond donors (Lipinski definition) is 6. The fourth-order valence-corrected chi connectivity index (χ4v) is 5.73. The van der Waals surface area contributed by atoms with Gasteiger partial charge in [0.2, 0.25) is 0 Å². The lowest BCUT2D eigenvalue weighted by Crippen LogP contribution is -1.88. The molecule has 448 valence electrons. The number of oxazole rings is 2. The second-order valence-electron chi connectivity index (χ2n) is 21.6. The smallest absolute Gasteiger partial charge is 0.180 e. The Morgan fingerprint density at radius 1 is 0.451 bits per heavy atom. The van der Waals surface area contributed by atoms with Gasteiger partial charge in [-0.1, -0.05) is 150 Å². The highest BCUT2D eigenvalue weighted by Gasteiger charge is 2.03. The number of tetrazole rings is 1. The van der Waals surface area contributed by atoms with Crippen molar-refractivity contribution < 1.29 is 8.83 Å². The predicted molar refractivity (Wildman–Crippen MR) is 327 cm³/mol. The maximum absolute atomic E-state index is 4.98. The van der Waals surface area contributed by atoms with E-state index >= 15 is 0 Å². The molecule has 0 unspecified atom stereocenters. The first-order valence-corrected chi connectivity index (χ1v) is 28.1. The summed E-state index contributed by atoms with van der Waals surface area (Å²) in [5.41, 5.74) is 7.34. The van der Waals surface area contributed by atoms with Gasteiger partial charge in [-0.25, -0.2) is 24.9 Å². The summed E-state index contributed by atoms with van der Waals surface area (Å²) < 4.78 is 9.75. The van der Waals surface area contributed by atoms with Crippen molar-refractivity contribution in [2.75, 3.05) is 0 Å². The van der Waals surface area contributed by atoms with Gasteiger partial charge >= 0.3 is 0 Å². The molecule has 10 aromatic rings. The first-order chi connectivity index (χ1) is 39.0. The molecule has 21 heteroatoms. The van der Waals surface area contributed by atoms with Crippen LogP contribution in [0.1, 0.15) is 255 Å². The quantitative estimate of drug-likeness (QED) is 0.0742. The molecule has 0 fully saturated rings. The summed E-state index contributed by atoms with van der Waals surface area (Å²) in [5.74, 6) is 8.95. The highest BCUT2D eigenvalue weighted by molar-refractivity contribution is 5.14. The molecule has 6 N–H and O–H groups in total. The van der Waals surface area contributed by atoms with Gasteiger partial charge in [-0.2, -0.15) is 20.5 Å². The van der Waals surface area contributed by atoms with E-state index in [4.69, 9.17) is 8.83 Å². The molecule has 10 aromatic heterocycles. The molecule has 0 saturated heterocycles. The third-order valence-electron chi connectivity index (χ3n) is 11.2. The van der Waals surface area contributed by atoms with Crippen molar-refractivity contribution in [3.63, 3.8) is 0 Å². The third-order valence-corrected chi connectivity index (χ3v) is 11.2. The number of hydrogen-bond acceptors (Lipinski definition) is 15. The first kappa shape index (κ1) is 71.8. The first-order valence-electron chi connectivity index (χ1n) is 28.1. The van der Waals surface area contributed by atoms with Gasteiger partial charge in [0.05, 0.1) is 24.4 Å². The molecule has 21 nitrogen and oxygen atoms in total. The Kier molecular flexibility index (Phi) is 37.3. The fourth-order valence-electron chi connectivity index (χ4n) is 5.73. The van der Waals surface area contributed by atoms with Crippen LogP contribution in [-0.4, -0.2) is 96.1 Å². The maximum atomic E-state index is 4.98. The van der Waals surface area contributed by atoms with Crippen LogP contribution in [0.4, 0.5) is 0 Å². The average molecular weight is 1130 g/mol. The van der Waals surface area contributed by atoms with Crippen LogP contribution in [0.15, 0.2) is 139 Å². The van der Waals surface area contributed by atoms with E-state index in [1.54, 1.807) is 37.4 Å². The number of nitrogens with zero attached hydrogens (tertiary/aromatic N) is 13. The van der Waals surface area contributed by atoms with Crippen LogP contribution in [0.5, 0.6) is 0 Å². The summed E-state index contributed by atoms with van der Waals surface area (Å²) in [7, 11) is 0. The minimum absolute atomic E-state index is 0.369. The normalized spacial score (nSPS) is 10.3. The van der Waals surface area contributed by atoms with E-state index < -0.39 is 0 Å². The Labute approximate surface area is 487 Å². The molecular formula is C61H97N19O2. The van der Waals surface area contributed by atoms with Crippen LogP contribution in [0.3, 0.4) is 0 Å². The Hall–Kier alpha value is -8.23. The highest BCUT2D eigenvalue weighted by atomic mass is 16.3. The Bertz CT molecular complexity index is 2290. The summed E-state index contributed by atoms with van der Waals surface area (Å²) >= 11 is 0. The molecule has 82 heavy (non-hydrogen) atoms. The van der Waals surface area contributed by atoms with Crippen LogP contribution in [0.2, 0.25) is 0 Å². The molecule has 0 atom stereocenters. The molecule has 0 aliphatic heterocycles. The lowest BCUT2D eigenvalue weighted by molar-refractivity contribution is 0.482. The highest BCUT2D eigenvalue weighted by Crippen LogP contribution is 2.14. The predicted octanol–water partition coefficient (Wildman–Crippen LogP) is 15.4. The fraction of sp³-hybridized carbons (Fsp3) is 0.492. The van der Waals surface area contributed by atoms with Crippen LogP contribution in [0.25, 0.3) is 0 Å². The Balaban J connectivity index is 0.000000456. The average Bonchev–Trinajstić information content (AvgIpc) is 4.32. The number of H-pyrrole nitrogens is 6. The van der Waals surface area contributed by atoms with E-state index in [2.05, 4.69) is 227 Å². The molecule has 0 aromatic carbocycles. The lowest BCUT2D eigenvalue weighted by atomic mass is 10.1. The van der Waals surface area contributed by atoms with Gasteiger partial charge in [0.1, 0.15) is 30.0 Å². The van der Waals surface area contributed by atoms with Crippen molar-refractivity contribution in [2.24, 2.45) is 0 Å². The monoisotopic (exact) mass is 1130 g/mol. The minimum Gasteiger partial charge on any atom is -0.451 e. The van der Waals surface area contributed by atoms with Gasteiger partial charge < -0.3 is 18.8 Å². The van der Waals surface area contributed by atoms with Crippen molar-refractivity contribution in [1.82, 2.24) is 96.1 Å². The minimum atomic E-state index is 0.369. The van der Waals surface area contributed by atoms with E-state index in [9.17, 15) is 0 Å². The van der Waals surface area contributed by atoms with E-state index in [0.29, 0.717) is 59.2 Å². The second-order valence-corrected chi connectivity index (χ2v) is 21.6. The van der Waals surface area contributed by atoms with Crippen molar-refractivity contribution >= 4 is 0 Å². The van der Waals surface area contributed by atoms with Gasteiger partial charge in [0.25, 0.3) is 0 Å². The summed E-state index contributed by atoms with van der Waals surface area (Å²) in [6.45, 7) is 42.2. The lowest BCUT2D eigenvalue weighted by Gasteiger charge is -2.01. The number of aromatic amines is 6. The van der Waals surface area contributed by atoms with E-state index in [-0.39, 0.29) is 0 Å². The Morgan fingerprint density at radius 2 is 1.13 bits per heavy atom. The molecule has 0 spiro atoms. The molecule has 0 radical (unpaired) electrons. The van der Waals surface area contributed by atoms with Crippen molar-refractivity contribution in [1.29, 1.82) is 0 Å². The standard InChI is InChI=1S/2C8H11N.4C6H10N2.2C6H9NO.C5H9N3.C4H8N4/c1-7(2)8-3-5-9-6-4-8;1-7(2)8-4-3-5-9-6-8;1-5(2)6-3-7-4-8-6;1-5(2)6-3-7-8-4-6;1-5(2)6-7-3-4-8-6;1-5(2)6-3-4-7-8-6;1-5(2)6-3-8-4-7-6;1-5(2)6-3-7-4-8-6;1-4(2)5-6-3-7-8-5;1-3(2)4-5-7-8-6-4/h2*3-7H,1-2H3;4*3-5H,1-2H3,(H,7,8);2*3-5H,1-2H3;3-4H,1-2H3,(H,6,7,8);3H,1-2H3,(H,5,6,7,8). The number of aromatic nitrogens is 19. The zero-order chi connectivity index (χ0) is 61.2. The Morgan fingerprint density at radius 3 is 1.40 bits per heavy atom. The molecule has 0 saturated carbocycles. The number of imidazole rings is 2. The van der Waals surface area contributed by atoms with Crippen molar-refractivity contribution in [3.05, 3.63) is 187 Å². The van der Waals surface area contributed by atoms with Gasteiger partial charge in [0, 0.05) is 90.8 Å². The van der Waals surface area contributed by atoms with E-state index in [1.807, 2.05) is 81.5 Å². The second kappa shape index (κ2) is 42.6. The van der Waals surface area contributed by atoms with Gasteiger partial charge in [0.15, 0.2) is 18.6 Å². The third kappa shape index (κ3) is 33.4. The number of pyridine rings is 2. The van der Waals surface area contributed by atoms with Gasteiger partial charge in [-0.05, 0) is 76.5 Å². The molecular weight excluding hydrogens is 1030 g/mol. The molecule has 10 rings (SSSR count). The van der Waals surface area contributed by atoms with Crippen molar-refractivity contribution in [2.45, 2.75) is 198 Å². The zero-order valence-corrected chi connectivity index (χ0v) is 52.5. The largest absolute Gasteiger partial charge is 0.451 e. The number of rotatable bonds is 10. The summed E-state index contributed by atoms with van der Waals surface area (Å²) in [5, 5.41) is 33.1. The SMILES string of the molecule is CC(C)c1cccnc1.CC(C)c1ccn[nH]1.CC(C)c1ccncc1.CC(C)c1cn[nH]c1.CC(C)c1cnc[nH]1.CC(C)c1cnco1.CC(C)c1cocn1.CC(C)c1ncc[nH]1.CC(C)c1ncn[nH]1.CC(C)c1nn[nH]n1. The van der Waals surface area contributed by atoms with Crippen molar-refractivity contribution in [3.8, 4) is 0 Å². The maximum Gasteiger partial charge on any atom is 0.180 e. The van der Waals surface area contributed by atoms with Gasteiger partial charge in [-0.15, -0.1) is 10.2 Å². The summed E-state index contributed by atoms with van der Waals surface area (Å²) in [6, 6.07) is 10.1. The molecule has 0 aliphatic rings. The molecule has 0 aliphatic carbocycles. The summed E-state index contributed by atoms with van der Waals surface area (Å²) in [6.07, 6.45) is 27.9. The van der Waals surface area contributed by atoms with Crippen LogP contribution in [-0.2, 0) is 0 Å². The van der Waals surface area contributed by atoms with Gasteiger partial charge in [-0.3, -0.25) is 25.3 Å². The van der Waals surface area contributed by atoms with E-state index in [0.717, 1.165) is 28.9 Å². The zero-order valence-electron chi connectivity index (χ0n) is 52.5. The van der Waals surface area contributed by atoms with E-state index in [1.165, 1.54) is 47.2 Å². The topological polar surface area (TPSA) is 289 Å². The van der Waals surface area contributed by atoms with Crippen LogP contribution >= 0.6 is 0 Å².